The van der Waals surface area contributed by atoms with E-state index in [9.17, 15) is 8.78 Å². The van der Waals surface area contributed by atoms with Gasteiger partial charge in [-0.1, -0.05) is 0 Å². The van der Waals surface area contributed by atoms with Gasteiger partial charge in [-0.25, -0.2) is 8.78 Å². The molecule has 0 saturated carbocycles. The molecule has 0 atom stereocenters. The van der Waals surface area contributed by atoms with Gasteiger partial charge in [0, 0.05) is 0 Å². The first-order valence-electron chi connectivity index (χ1n) is 5.25. The Morgan fingerprint density at radius 1 is 1.28 bits per heavy atom. The van der Waals surface area contributed by atoms with Crippen molar-refractivity contribution in [2.24, 2.45) is 0 Å². The van der Waals surface area contributed by atoms with Crippen LogP contribution in [0.1, 0.15) is 5.76 Å². The molecule has 0 aliphatic heterocycles. The summed E-state index contributed by atoms with van der Waals surface area (Å²) < 4.78 is 34.0. The molecule has 3 aromatic rings. The van der Waals surface area contributed by atoms with E-state index in [0.29, 0.717) is 16.0 Å². The normalized spacial score (nSPS) is 11.2. The Labute approximate surface area is 106 Å². The third-order valence-electron chi connectivity index (χ3n) is 2.72. The van der Waals surface area contributed by atoms with Crippen molar-refractivity contribution in [2.45, 2.75) is 6.54 Å². The number of imidazole rings is 1. The topological polar surface area (TPSA) is 33.9 Å². The number of rotatable bonds is 2. The molecule has 3 rings (SSSR count). The Hall–Kier alpha value is -1.95. The van der Waals surface area contributed by atoms with Crippen molar-refractivity contribution in [1.29, 1.82) is 0 Å². The number of hydrogen-bond acceptors (Lipinski definition) is 2. The van der Waals surface area contributed by atoms with Gasteiger partial charge >= 0.3 is 0 Å². The smallest absolute Gasteiger partial charge is 0.184 e. The Bertz CT molecular complexity index is 758. The van der Waals surface area contributed by atoms with Gasteiger partial charge in [-0.2, -0.15) is 0 Å². The lowest BCUT2D eigenvalue weighted by Gasteiger charge is -2.03. The van der Waals surface area contributed by atoms with Gasteiger partial charge in [-0.05, 0) is 36.5 Å². The second-order valence-corrected chi connectivity index (χ2v) is 4.24. The number of fused-ring (bicyclic) bond motifs is 1. The number of nitrogens with zero attached hydrogens (tertiary/aromatic N) is 1. The molecule has 1 aromatic carbocycles. The highest BCUT2D eigenvalue weighted by Gasteiger charge is 2.14. The molecule has 0 aliphatic rings. The van der Waals surface area contributed by atoms with Crippen molar-refractivity contribution in [1.82, 2.24) is 9.55 Å². The first-order chi connectivity index (χ1) is 8.66. The van der Waals surface area contributed by atoms with Crippen LogP contribution in [-0.4, -0.2) is 9.55 Å². The fourth-order valence-corrected chi connectivity index (χ4v) is 2.16. The minimum atomic E-state index is -0.911. The molecule has 2 aromatic heterocycles. The first kappa shape index (κ1) is 11.2. The van der Waals surface area contributed by atoms with Crippen molar-refractivity contribution in [3.8, 4) is 0 Å². The van der Waals surface area contributed by atoms with Gasteiger partial charge in [0.2, 0.25) is 0 Å². The van der Waals surface area contributed by atoms with E-state index in [0.717, 1.165) is 6.07 Å². The molecule has 0 unspecified atom stereocenters. The number of H-pyrrole nitrogens is 1. The summed E-state index contributed by atoms with van der Waals surface area (Å²) in [5.41, 5.74) is 0.585. The molecular formula is C12H8F2N2OS. The van der Waals surface area contributed by atoms with Crippen LogP contribution >= 0.6 is 12.2 Å². The number of nitrogens with one attached hydrogen (secondary N) is 1. The summed E-state index contributed by atoms with van der Waals surface area (Å²) in [7, 11) is 0. The van der Waals surface area contributed by atoms with Crippen LogP contribution in [0.25, 0.3) is 11.0 Å². The fraction of sp³-hybridized carbons (Fsp3) is 0.0833. The molecule has 0 fully saturated rings. The van der Waals surface area contributed by atoms with E-state index in [2.05, 4.69) is 4.98 Å². The zero-order chi connectivity index (χ0) is 12.7. The molecule has 0 radical (unpaired) electrons. The van der Waals surface area contributed by atoms with E-state index < -0.39 is 11.6 Å². The average molecular weight is 266 g/mol. The highest BCUT2D eigenvalue weighted by Crippen LogP contribution is 2.21. The summed E-state index contributed by atoms with van der Waals surface area (Å²) in [5, 5.41) is 0. The molecule has 1 N–H and O–H groups in total. The number of benzene rings is 1. The molecule has 92 valence electrons. The molecule has 0 saturated heterocycles. The van der Waals surface area contributed by atoms with Crippen molar-refractivity contribution in [3.05, 3.63) is 52.7 Å². The van der Waals surface area contributed by atoms with E-state index in [4.69, 9.17) is 16.6 Å². The van der Waals surface area contributed by atoms with Crippen LogP contribution < -0.4 is 0 Å². The van der Waals surface area contributed by atoms with Crippen LogP contribution in [0.15, 0.2) is 34.9 Å². The van der Waals surface area contributed by atoms with Gasteiger partial charge in [-0.15, -0.1) is 0 Å². The maximum absolute atomic E-state index is 13.8. The third kappa shape index (κ3) is 1.65. The number of halogens is 2. The molecule has 0 amide bonds. The van der Waals surface area contributed by atoms with Gasteiger partial charge in [0.25, 0.3) is 0 Å². The Morgan fingerprint density at radius 2 is 2.11 bits per heavy atom. The zero-order valence-electron chi connectivity index (χ0n) is 9.11. The number of hydrogen-bond donors (Lipinski definition) is 1. The van der Waals surface area contributed by atoms with E-state index >= 15 is 0 Å². The molecule has 0 spiro atoms. The third-order valence-corrected chi connectivity index (χ3v) is 3.04. The van der Waals surface area contributed by atoms with Crippen LogP contribution in [0.3, 0.4) is 0 Å². The lowest BCUT2D eigenvalue weighted by atomic mass is 10.3. The van der Waals surface area contributed by atoms with Gasteiger partial charge in [-0.3, -0.25) is 0 Å². The van der Waals surface area contributed by atoms with Gasteiger partial charge in [0.1, 0.15) is 11.3 Å². The minimum absolute atomic E-state index is 0.122. The molecule has 2 heterocycles. The van der Waals surface area contributed by atoms with Crippen molar-refractivity contribution in [2.75, 3.05) is 0 Å². The van der Waals surface area contributed by atoms with Gasteiger partial charge < -0.3 is 14.0 Å². The number of furan rings is 1. The van der Waals surface area contributed by atoms with Crippen molar-refractivity contribution < 1.29 is 13.2 Å². The minimum Gasteiger partial charge on any atom is -0.467 e. The van der Waals surface area contributed by atoms with Gasteiger partial charge in [0.15, 0.2) is 16.4 Å². The van der Waals surface area contributed by atoms with Crippen molar-refractivity contribution in [3.63, 3.8) is 0 Å². The summed E-state index contributed by atoms with van der Waals surface area (Å²) >= 11 is 5.11. The second-order valence-electron chi connectivity index (χ2n) is 3.85. The predicted octanol–water partition coefficient (Wildman–Crippen LogP) is 3.62. The largest absolute Gasteiger partial charge is 0.467 e. The standard InChI is InChI=1S/C12H8F2N2OS/c13-8-3-4-9-11(10(8)14)16(12(18)15-9)6-7-2-1-5-17-7/h1-5H,6H2,(H,15,18). The molecular weight excluding hydrogens is 258 g/mol. The summed E-state index contributed by atoms with van der Waals surface area (Å²) in [6, 6.07) is 6.00. The SMILES string of the molecule is Fc1ccc2[nH]c(=S)n(Cc3ccco3)c2c1F. The summed E-state index contributed by atoms with van der Waals surface area (Å²) in [6.07, 6.45) is 1.52. The fourth-order valence-electron chi connectivity index (χ4n) is 1.90. The molecule has 6 heteroatoms. The van der Waals surface area contributed by atoms with E-state index in [-0.39, 0.29) is 12.1 Å². The monoisotopic (exact) mass is 266 g/mol. The summed E-state index contributed by atoms with van der Waals surface area (Å²) in [4.78, 5) is 2.84. The van der Waals surface area contributed by atoms with Crippen molar-refractivity contribution >= 4 is 23.3 Å². The van der Waals surface area contributed by atoms with Gasteiger partial charge in [0.05, 0.1) is 18.3 Å². The Kier molecular flexibility index (Phi) is 2.52. The maximum atomic E-state index is 13.8. The second kappa shape index (κ2) is 4.06. The Balaban J connectivity index is 2.24. The number of aromatic nitrogens is 2. The number of aromatic amines is 1. The quantitative estimate of drug-likeness (QED) is 0.719. The predicted molar refractivity (Wildman–Crippen MR) is 64.8 cm³/mol. The van der Waals surface area contributed by atoms with Crippen LogP contribution in [0.4, 0.5) is 8.78 Å². The average Bonchev–Trinajstić information content (AvgIpc) is 2.94. The Morgan fingerprint density at radius 3 is 2.83 bits per heavy atom. The first-order valence-corrected chi connectivity index (χ1v) is 5.66. The summed E-state index contributed by atoms with van der Waals surface area (Å²) in [6.45, 7) is 0.256. The lowest BCUT2D eigenvalue weighted by Crippen LogP contribution is -2.00. The van der Waals surface area contributed by atoms with E-state index in [1.807, 2.05) is 0 Å². The van der Waals surface area contributed by atoms with Crippen LogP contribution in [0, 0.1) is 16.4 Å². The maximum Gasteiger partial charge on any atom is 0.184 e. The van der Waals surface area contributed by atoms with E-state index in [1.54, 1.807) is 12.1 Å². The van der Waals surface area contributed by atoms with Crippen LogP contribution in [0.2, 0.25) is 0 Å². The molecule has 3 nitrogen and oxygen atoms in total. The van der Waals surface area contributed by atoms with E-state index in [1.165, 1.54) is 16.9 Å². The molecule has 0 aliphatic carbocycles. The summed E-state index contributed by atoms with van der Waals surface area (Å²) in [5.74, 6) is -1.19. The van der Waals surface area contributed by atoms with Crippen LogP contribution in [0.5, 0.6) is 0 Å². The molecule has 0 bridgehead atoms. The highest BCUT2D eigenvalue weighted by molar-refractivity contribution is 7.71. The lowest BCUT2D eigenvalue weighted by molar-refractivity contribution is 0.487. The molecule has 18 heavy (non-hydrogen) atoms. The zero-order valence-corrected chi connectivity index (χ0v) is 9.93. The highest BCUT2D eigenvalue weighted by atomic mass is 32.1. The van der Waals surface area contributed by atoms with Crippen LogP contribution in [-0.2, 0) is 6.54 Å².